The fraction of sp³-hybridized carbons (Fsp3) is 0.429. The van der Waals surface area contributed by atoms with Gasteiger partial charge in [0.25, 0.3) is 0 Å². The van der Waals surface area contributed by atoms with Crippen molar-refractivity contribution in [2.45, 2.75) is 56.3 Å². The first-order chi connectivity index (χ1) is 14.1. The minimum absolute atomic E-state index is 0.00695. The molecule has 2 aliphatic heterocycles. The fourth-order valence-corrected chi connectivity index (χ4v) is 10.1. The molecular formula is C28H32S2. The number of thioether (sulfide) groups is 2. The lowest BCUT2D eigenvalue weighted by molar-refractivity contribution is 0.321. The monoisotopic (exact) mass is 432 g/mol. The van der Waals surface area contributed by atoms with Gasteiger partial charge in [0.15, 0.2) is 0 Å². The number of rotatable bonds is 2. The first kappa shape index (κ1) is 20.5. The standard InChI is InChI=1S/C28H32S2/c1-25(2,3)21-17-28(26(4,5)6)24-23(21)27(30-28,20-15-11-8-12-16-20)18-22(29-24)19-13-9-7-10-14-19/h7-18,23-24H,1-6H3/t23-,24-,27-,28+/m0/s1. The average molecular weight is 433 g/mol. The Morgan fingerprint density at radius 3 is 1.93 bits per heavy atom. The zero-order valence-corrected chi connectivity index (χ0v) is 20.5. The van der Waals surface area contributed by atoms with Crippen LogP contribution in [0.3, 0.4) is 0 Å². The fourth-order valence-electron chi connectivity index (χ4n) is 5.59. The molecular weight excluding hydrogens is 400 g/mol. The van der Waals surface area contributed by atoms with Crippen LogP contribution in [0, 0.1) is 16.7 Å². The minimum atomic E-state index is -0.00695. The van der Waals surface area contributed by atoms with Gasteiger partial charge in [0, 0.05) is 16.1 Å². The van der Waals surface area contributed by atoms with Crippen molar-refractivity contribution in [3.05, 3.63) is 89.5 Å². The third-order valence-corrected chi connectivity index (χ3v) is 11.1. The number of hydrogen-bond donors (Lipinski definition) is 0. The van der Waals surface area contributed by atoms with Crippen LogP contribution in [-0.4, -0.2) is 10.00 Å². The number of benzene rings is 2. The van der Waals surface area contributed by atoms with Crippen molar-refractivity contribution in [3.63, 3.8) is 0 Å². The maximum absolute atomic E-state index is 2.70. The molecule has 156 valence electrons. The van der Waals surface area contributed by atoms with Gasteiger partial charge >= 0.3 is 0 Å². The van der Waals surface area contributed by atoms with Crippen LogP contribution < -0.4 is 0 Å². The summed E-state index contributed by atoms with van der Waals surface area (Å²) in [4.78, 5) is 1.45. The van der Waals surface area contributed by atoms with E-state index in [-0.39, 0.29) is 20.3 Å². The summed E-state index contributed by atoms with van der Waals surface area (Å²) in [6, 6.07) is 22.3. The van der Waals surface area contributed by atoms with E-state index in [4.69, 9.17) is 0 Å². The van der Waals surface area contributed by atoms with E-state index in [1.165, 1.54) is 16.0 Å². The molecule has 2 aromatic carbocycles. The molecule has 0 spiro atoms. The maximum atomic E-state index is 2.70. The van der Waals surface area contributed by atoms with E-state index in [9.17, 15) is 0 Å². The van der Waals surface area contributed by atoms with E-state index in [2.05, 4.69) is 138 Å². The molecule has 0 unspecified atom stereocenters. The zero-order valence-electron chi connectivity index (χ0n) is 18.9. The van der Waals surface area contributed by atoms with Gasteiger partial charge in [-0.1, -0.05) is 114 Å². The predicted octanol–water partition coefficient (Wildman–Crippen LogP) is 8.17. The second-order valence-corrected chi connectivity index (χ2v) is 13.8. The van der Waals surface area contributed by atoms with Crippen LogP contribution in [0.15, 0.2) is 78.4 Å². The van der Waals surface area contributed by atoms with Gasteiger partial charge in [-0.25, -0.2) is 0 Å². The second kappa shape index (κ2) is 6.56. The van der Waals surface area contributed by atoms with Gasteiger partial charge in [-0.2, -0.15) is 0 Å². The molecule has 2 heteroatoms. The van der Waals surface area contributed by atoms with Gasteiger partial charge in [0.2, 0.25) is 0 Å². The van der Waals surface area contributed by atoms with Crippen LogP contribution in [0.1, 0.15) is 52.7 Å². The van der Waals surface area contributed by atoms with E-state index >= 15 is 0 Å². The molecule has 1 aliphatic carbocycles. The van der Waals surface area contributed by atoms with Crippen LogP contribution in [-0.2, 0) is 4.75 Å². The predicted molar refractivity (Wildman–Crippen MR) is 135 cm³/mol. The smallest absolute Gasteiger partial charge is 0.0687 e. The van der Waals surface area contributed by atoms with Crippen molar-refractivity contribution in [3.8, 4) is 0 Å². The van der Waals surface area contributed by atoms with Gasteiger partial charge in [0.05, 0.1) is 9.49 Å². The molecule has 1 fully saturated rings. The second-order valence-electron chi connectivity index (χ2n) is 11.0. The van der Waals surface area contributed by atoms with Crippen molar-refractivity contribution in [2.24, 2.45) is 16.7 Å². The summed E-state index contributed by atoms with van der Waals surface area (Å²) < 4.78 is 0.112. The van der Waals surface area contributed by atoms with Gasteiger partial charge < -0.3 is 0 Å². The van der Waals surface area contributed by atoms with Gasteiger partial charge in [-0.15, -0.1) is 23.5 Å². The Morgan fingerprint density at radius 1 is 0.767 bits per heavy atom. The SMILES string of the molecule is CC(C)(C)C1=C[C@@]2(C(C)(C)C)S[C@]3(c4ccccc4)C=C(c4ccccc4)S[C@H]2[C@H]13. The Bertz CT molecular complexity index is 1020. The van der Waals surface area contributed by atoms with Gasteiger partial charge in [-0.3, -0.25) is 0 Å². The van der Waals surface area contributed by atoms with E-state index in [0.717, 1.165) is 0 Å². The lowest BCUT2D eigenvalue weighted by Gasteiger charge is -2.45. The summed E-state index contributed by atoms with van der Waals surface area (Å²) in [7, 11) is 0. The highest BCUT2D eigenvalue weighted by Gasteiger charge is 2.71. The highest BCUT2D eigenvalue weighted by Crippen LogP contribution is 2.78. The lowest BCUT2D eigenvalue weighted by Crippen LogP contribution is -2.42. The molecule has 3 aliphatic rings. The first-order valence-corrected chi connectivity index (χ1v) is 12.7. The summed E-state index contributed by atoms with van der Waals surface area (Å²) in [5.74, 6) is 0.529. The van der Waals surface area contributed by atoms with Crippen LogP contribution in [0.5, 0.6) is 0 Å². The Kier molecular flexibility index (Phi) is 4.49. The van der Waals surface area contributed by atoms with E-state index in [0.29, 0.717) is 11.2 Å². The molecule has 0 radical (unpaired) electrons. The normalized spacial score (nSPS) is 32.7. The molecule has 30 heavy (non-hydrogen) atoms. The van der Waals surface area contributed by atoms with Crippen molar-refractivity contribution in [2.75, 3.05) is 0 Å². The van der Waals surface area contributed by atoms with E-state index in [1.54, 1.807) is 5.57 Å². The van der Waals surface area contributed by atoms with Gasteiger partial charge in [-0.05, 0) is 28.0 Å². The van der Waals surface area contributed by atoms with Gasteiger partial charge in [0.1, 0.15) is 0 Å². The van der Waals surface area contributed by atoms with Crippen LogP contribution in [0.25, 0.3) is 4.91 Å². The summed E-state index contributed by atoms with van der Waals surface area (Å²) >= 11 is 4.36. The summed E-state index contributed by atoms with van der Waals surface area (Å²) in [5.41, 5.74) is 4.82. The van der Waals surface area contributed by atoms with Crippen LogP contribution in [0.2, 0.25) is 0 Å². The summed E-state index contributed by atoms with van der Waals surface area (Å²) in [6.07, 6.45) is 5.32. The van der Waals surface area contributed by atoms with Crippen LogP contribution >= 0.6 is 23.5 Å². The van der Waals surface area contributed by atoms with Crippen molar-refractivity contribution in [1.29, 1.82) is 0 Å². The molecule has 2 heterocycles. The van der Waals surface area contributed by atoms with E-state index in [1.807, 2.05) is 0 Å². The molecule has 5 rings (SSSR count). The minimum Gasteiger partial charge on any atom is -0.133 e. The average Bonchev–Trinajstić information content (AvgIpc) is 3.14. The molecule has 1 saturated heterocycles. The molecule has 0 aromatic heterocycles. The van der Waals surface area contributed by atoms with E-state index < -0.39 is 0 Å². The first-order valence-electron chi connectivity index (χ1n) is 11.0. The Labute approximate surface area is 190 Å². The summed E-state index contributed by atoms with van der Waals surface area (Å²) in [6.45, 7) is 14.5. The molecule has 0 N–H and O–H groups in total. The molecule has 4 bridgehead atoms. The Hall–Kier alpha value is -1.38. The topological polar surface area (TPSA) is 0 Å². The van der Waals surface area contributed by atoms with Crippen molar-refractivity contribution < 1.29 is 0 Å². The highest BCUT2D eigenvalue weighted by molar-refractivity contribution is 8.12. The Morgan fingerprint density at radius 2 is 1.37 bits per heavy atom. The molecule has 2 aromatic rings. The maximum Gasteiger partial charge on any atom is 0.0687 e. The lowest BCUT2D eigenvalue weighted by atomic mass is 9.71. The number of allylic oxidation sites excluding steroid dienone is 1. The van der Waals surface area contributed by atoms with Crippen molar-refractivity contribution >= 4 is 28.4 Å². The quantitative estimate of drug-likeness (QED) is 0.439. The zero-order chi connectivity index (χ0) is 21.4. The third kappa shape index (κ3) is 2.76. The van der Waals surface area contributed by atoms with Crippen LogP contribution in [0.4, 0.5) is 0 Å². The largest absolute Gasteiger partial charge is 0.133 e. The summed E-state index contributed by atoms with van der Waals surface area (Å²) in [5, 5.41) is 0.553. The molecule has 0 saturated carbocycles. The molecule has 0 amide bonds. The Balaban J connectivity index is 1.79. The molecule has 4 atom stereocenters. The highest BCUT2D eigenvalue weighted by atomic mass is 32.2. The number of hydrogen-bond acceptors (Lipinski definition) is 2. The van der Waals surface area contributed by atoms with Crippen molar-refractivity contribution in [1.82, 2.24) is 0 Å². The third-order valence-electron chi connectivity index (χ3n) is 7.15. The molecule has 0 nitrogen and oxygen atoms in total.